The van der Waals surface area contributed by atoms with Crippen LogP contribution in [0.15, 0.2) is 24.3 Å². The number of piperazine rings is 1. The predicted octanol–water partition coefficient (Wildman–Crippen LogP) is 2.39. The van der Waals surface area contributed by atoms with Crippen LogP contribution in [0, 0.1) is 0 Å². The van der Waals surface area contributed by atoms with Crippen molar-refractivity contribution < 1.29 is 22.7 Å². The van der Waals surface area contributed by atoms with Gasteiger partial charge in [0.1, 0.15) is 13.2 Å². The van der Waals surface area contributed by atoms with Crippen molar-refractivity contribution in [2.24, 2.45) is 0 Å². The number of carbonyl (C=O) groups is 1. The van der Waals surface area contributed by atoms with Crippen molar-refractivity contribution in [3.63, 3.8) is 0 Å². The summed E-state index contributed by atoms with van der Waals surface area (Å²) in [4.78, 5) is 13.7. The van der Waals surface area contributed by atoms with Gasteiger partial charge in [-0.2, -0.15) is 13.2 Å². The van der Waals surface area contributed by atoms with Crippen LogP contribution in [0.2, 0.25) is 5.02 Å². The van der Waals surface area contributed by atoms with Crippen molar-refractivity contribution in [3.8, 4) is 0 Å². The van der Waals surface area contributed by atoms with Gasteiger partial charge >= 0.3 is 6.18 Å². The minimum absolute atomic E-state index is 0.269. The number of rotatable bonds is 4. The van der Waals surface area contributed by atoms with Gasteiger partial charge < -0.3 is 15.0 Å². The average Bonchev–Trinajstić information content (AvgIpc) is 2.46. The molecule has 1 N–H and O–H groups in total. The van der Waals surface area contributed by atoms with E-state index in [0.717, 1.165) is 5.56 Å². The summed E-state index contributed by atoms with van der Waals surface area (Å²) in [6.07, 6.45) is -4.43. The first-order valence-corrected chi connectivity index (χ1v) is 7.15. The Balaban J connectivity index is 2.01. The molecule has 1 saturated heterocycles. The second-order valence-corrected chi connectivity index (χ2v) is 5.41. The van der Waals surface area contributed by atoms with Gasteiger partial charge in [-0.25, -0.2) is 0 Å². The van der Waals surface area contributed by atoms with Crippen LogP contribution in [0.25, 0.3) is 0 Å². The van der Waals surface area contributed by atoms with Gasteiger partial charge in [0.25, 0.3) is 0 Å². The first-order chi connectivity index (χ1) is 10.4. The van der Waals surface area contributed by atoms with Gasteiger partial charge in [0, 0.05) is 24.7 Å². The topological polar surface area (TPSA) is 41.6 Å². The maximum absolute atomic E-state index is 12.1. The summed E-state index contributed by atoms with van der Waals surface area (Å²) < 4.78 is 40.6. The van der Waals surface area contributed by atoms with Crippen LogP contribution >= 0.6 is 11.6 Å². The lowest BCUT2D eigenvalue weighted by atomic mass is 10.0. The largest absolute Gasteiger partial charge is 0.411 e. The fourth-order valence-electron chi connectivity index (χ4n) is 2.35. The van der Waals surface area contributed by atoms with E-state index in [9.17, 15) is 18.0 Å². The summed E-state index contributed by atoms with van der Waals surface area (Å²) in [5, 5.41) is 3.71. The van der Waals surface area contributed by atoms with Gasteiger partial charge in [-0.15, -0.1) is 0 Å². The van der Waals surface area contributed by atoms with E-state index in [2.05, 4.69) is 10.1 Å². The molecule has 122 valence electrons. The van der Waals surface area contributed by atoms with Gasteiger partial charge in [-0.3, -0.25) is 4.79 Å². The minimum atomic E-state index is -4.43. The predicted molar refractivity (Wildman–Crippen MR) is 75.6 cm³/mol. The molecular formula is C14H16ClF3N2O2. The molecule has 0 bridgehead atoms. The van der Waals surface area contributed by atoms with E-state index in [1.54, 1.807) is 18.2 Å². The zero-order chi connectivity index (χ0) is 16.2. The number of carbonyl (C=O) groups excluding carboxylic acids is 1. The molecule has 1 amide bonds. The lowest BCUT2D eigenvalue weighted by molar-refractivity contribution is -0.178. The molecule has 2 rings (SSSR count). The van der Waals surface area contributed by atoms with Crippen LogP contribution in [0.4, 0.5) is 13.2 Å². The van der Waals surface area contributed by atoms with Gasteiger partial charge in [0.2, 0.25) is 5.91 Å². The SMILES string of the molecule is O=C(COCC(F)(F)F)N1CCNCC1c1cccc(Cl)c1. The molecule has 1 unspecified atom stereocenters. The molecule has 22 heavy (non-hydrogen) atoms. The van der Waals surface area contributed by atoms with E-state index in [0.29, 0.717) is 24.7 Å². The zero-order valence-corrected chi connectivity index (χ0v) is 12.5. The molecule has 1 aliphatic heterocycles. The lowest BCUT2D eigenvalue weighted by Gasteiger charge is -2.36. The molecule has 4 nitrogen and oxygen atoms in total. The van der Waals surface area contributed by atoms with Crippen molar-refractivity contribution in [2.75, 3.05) is 32.8 Å². The highest BCUT2D eigenvalue weighted by molar-refractivity contribution is 6.30. The van der Waals surface area contributed by atoms with Crippen LogP contribution in [0.5, 0.6) is 0 Å². The van der Waals surface area contributed by atoms with E-state index in [1.165, 1.54) is 4.90 Å². The first-order valence-electron chi connectivity index (χ1n) is 6.77. The second-order valence-electron chi connectivity index (χ2n) is 4.97. The highest BCUT2D eigenvalue weighted by Crippen LogP contribution is 2.25. The molecule has 0 aromatic heterocycles. The fourth-order valence-corrected chi connectivity index (χ4v) is 2.55. The van der Waals surface area contributed by atoms with Crippen LogP contribution in [-0.2, 0) is 9.53 Å². The number of halogens is 4. The molecule has 1 heterocycles. The maximum atomic E-state index is 12.1. The standard InChI is InChI=1S/C14H16ClF3N2O2/c15-11-3-1-2-10(6-11)12-7-19-4-5-20(12)13(21)8-22-9-14(16,17)18/h1-3,6,12,19H,4-5,7-9H2. The number of alkyl halides is 3. The first kappa shape index (κ1) is 17.1. The number of nitrogens with zero attached hydrogens (tertiary/aromatic N) is 1. The number of ether oxygens (including phenoxy) is 1. The maximum Gasteiger partial charge on any atom is 0.411 e. The third-order valence-corrected chi connectivity index (χ3v) is 3.52. The monoisotopic (exact) mass is 336 g/mol. The molecule has 0 spiro atoms. The van der Waals surface area contributed by atoms with E-state index < -0.39 is 25.3 Å². The van der Waals surface area contributed by atoms with Crippen molar-refractivity contribution in [3.05, 3.63) is 34.9 Å². The third-order valence-electron chi connectivity index (χ3n) is 3.29. The lowest BCUT2D eigenvalue weighted by Crippen LogP contribution is -2.49. The highest BCUT2D eigenvalue weighted by atomic mass is 35.5. The molecule has 0 aliphatic carbocycles. The van der Waals surface area contributed by atoms with E-state index >= 15 is 0 Å². The average molecular weight is 337 g/mol. The van der Waals surface area contributed by atoms with Gasteiger partial charge in [-0.1, -0.05) is 23.7 Å². The number of nitrogens with one attached hydrogen (secondary N) is 1. The van der Waals surface area contributed by atoms with Crippen LogP contribution < -0.4 is 5.32 Å². The second kappa shape index (κ2) is 7.30. The molecule has 0 radical (unpaired) electrons. The Morgan fingerprint density at radius 1 is 1.45 bits per heavy atom. The quantitative estimate of drug-likeness (QED) is 0.918. The van der Waals surface area contributed by atoms with Crippen molar-refractivity contribution in [1.29, 1.82) is 0 Å². The van der Waals surface area contributed by atoms with Crippen molar-refractivity contribution >= 4 is 17.5 Å². The Labute approximate surface area is 131 Å². The number of benzene rings is 1. The summed E-state index contributed by atoms with van der Waals surface area (Å²) in [5.41, 5.74) is 0.837. The third kappa shape index (κ3) is 4.86. The van der Waals surface area contributed by atoms with Gasteiger partial charge in [0.15, 0.2) is 0 Å². The molecule has 8 heteroatoms. The van der Waals surface area contributed by atoms with E-state index in [-0.39, 0.29) is 6.04 Å². The Kier molecular flexibility index (Phi) is 5.66. The smallest absolute Gasteiger partial charge is 0.362 e. The molecule has 1 aliphatic rings. The Hall–Kier alpha value is -1.31. The van der Waals surface area contributed by atoms with Gasteiger partial charge in [-0.05, 0) is 17.7 Å². The number of amides is 1. The van der Waals surface area contributed by atoms with Crippen LogP contribution in [0.3, 0.4) is 0 Å². The number of hydrogen-bond acceptors (Lipinski definition) is 3. The molecule has 0 saturated carbocycles. The Morgan fingerprint density at radius 2 is 2.23 bits per heavy atom. The Morgan fingerprint density at radius 3 is 2.91 bits per heavy atom. The summed E-state index contributed by atoms with van der Waals surface area (Å²) in [5.74, 6) is -0.462. The van der Waals surface area contributed by atoms with E-state index in [4.69, 9.17) is 11.6 Å². The summed E-state index contributed by atoms with van der Waals surface area (Å²) in [6, 6.07) is 6.81. The van der Waals surface area contributed by atoms with Crippen molar-refractivity contribution in [1.82, 2.24) is 10.2 Å². The normalized spacial score (nSPS) is 19.3. The zero-order valence-electron chi connectivity index (χ0n) is 11.7. The molecule has 1 fully saturated rings. The highest BCUT2D eigenvalue weighted by Gasteiger charge is 2.31. The summed E-state index contributed by atoms with van der Waals surface area (Å²) in [6.45, 7) is -0.498. The summed E-state index contributed by atoms with van der Waals surface area (Å²) >= 11 is 5.95. The molecule has 1 aromatic rings. The van der Waals surface area contributed by atoms with Crippen molar-refractivity contribution in [2.45, 2.75) is 12.2 Å². The fraction of sp³-hybridized carbons (Fsp3) is 0.500. The Bertz CT molecular complexity index is 525. The van der Waals surface area contributed by atoms with Crippen LogP contribution in [0.1, 0.15) is 11.6 Å². The minimum Gasteiger partial charge on any atom is -0.362 e. The van der Waals surface area contributed by atoms with Gasteiger partial charge in [0.05, 0.1) is 6.04 Å². The molecular weight excluding hydrogens is 321 g/mol. The number of hydrogen-bond donors (Lipinski definition) is 1. The molecule has 1 atom stereocenters. The van der Waals surface area contributed by atoms with E-state index in [1.807, 2.05) is 6.07 Å². The molecule has 1 aromatic carbocycles. The summed E-state index contributed by atoms with van der Waals surface area (Å²) in [7, 11) is 0. The van der Waals surface area contributed by atoms with Crippen LogP contribution in [-0.4, -0.2) is 49.8 Å².